The first-order valence-electron chi connectivity index (χ1n) is 6.27. The van der Waals surface area contributed by atoms with Crippen LogP contribution < -0.4 is 10.1 Å². The molecule has 2 aromatic rings. The minimum absolute atomic E-state index is 0.000412. The van der Waals surface area contributed by atoms with E-state index in [1.165, 1.54) is 11.8 Å². The SMILES string of the molecule is CCNc1nc(OC(C)C)nc(Sc2nncn2C)n1. The van der Waals surface area contributed by atoms with Gasteiger partial charge in [0.15, 0.2) is 5.16 Å². The molecule has 0 saturated carbocycles. The van der Waals surface area contributed by atoms with Gasteiger partial charge in [-0.3, -0.25) is 0 Å². The molecule has 1 N–H and O–H groups in total. The fourth-order valence-electron chi connectivity index (χ4n) is 1.33. The third-order valence-electron chi connectivity index (χ3n) is 2.12. The maximum atomic E-state index is 5.53. The molecule has 0 fully saturated rings. The van der Waals surface area contributed by atoms with Crippen LogP contribution >= 0.6 is 11.8 Å². The summed E-state index contributed by atoms with van der Waals surface area (Å²) in [5.41, 5.74) is 0. The van der Waals surface area contributed by atoms with E-state index in [9.17, 15) is 0 Å². The largest absolute Gasteiger partial charge is 0.461 e. The Hall–Kier alpha value is -1.90. The van der Waals surface area contributed by atoms with Crippen LogP contribution in [0.2, 0.25) is 0 Å². The van der Waals surface area contributed by atoms with Crippen molar-refractivity contribution >= 4 is 17.7 Å². The summed E-state index contributed by atoms with van der Waals surface area (Å²) in [4.78, 5) is 12.8. The van der Waals surface area contributed by atoms with Gasteiger partial charge < -0.3 is 14.6 Å². The summed E-state index contributed by atoms with van der Waals surface area (Å²) < 4.78 is 7.33. The van der Waals surface area contributed by atoms with Crippen LogP contribution in [0.15, 0.2) is 16.6 Å². The van der Waals surface area contributed by atoms with Crippen LogP contribution in [-0.4, -0.2) is 42.4 Å². The van der Waals surface area contributed by atoms with Gasteiger partial charge in [-0.15, -0.1) is 10.2 Å². The zero-order valence-corrected chi connectivity index (χ0v) is 12.7. The predicted octanol–water partition coefficient (Wildman–Crippen LogP) is 1.37. The molecule has 0 unspecified atom stereocenters. The van der Waals surface area contributed by atoms with E-state index < -0.39 is 0 Å². The Morgan fingerprint density at radius 2 is 2.15 bits per heavy atom. The summed E-state index contributed by atoms with van der Waals surface area (Å²) in [5.74, 6) is 0.489. The molecule has 0 amide bonds. The number of aromatic nitrogens is 6. The molecular weight excluding hydrogens is 278 g/mol. The van der Waals surface area contributed by atoms with E-state index in [1.54, 1.807) is 10.9 Å². The lowest BCUT2D eigenvalue weighted by atomic mass is 10.5. The molecule has 9 heteroatoms. The van der Waals surface area contributed by atoms with E-state index in [4.69, 9.17) is 4.74 Å². The van der Waals surface area contributed by atoms with Crippen molar-refractivity contribution in [3.05, 3.63) is 6.33 Å². The smallest absolute Gasteiger partial charge is 0.322 e. The molecule has 0 aliphatic rings. The van der Waals surface area contributed by atoms with Crippen LogP contribution in [0.1, 0.15) is 20.8 Å². The normalized spacial score (nSPS) is 10.8. The Balaban J connectivity index is 2.26. The number of hydrogen-bond acceptors (Lipinski definition) is 8. The molecule has 0 atom stereocenters. The molecule has 108 valence electrons. The van der Waals surface area contributed by atoms with E-state index in [0.29, 0.717) is 22.3 Å². The first kappa shape index (κ1) is 14.5. The fourth-order valence-corrected chi connectivity index (χ4v) is 2.03. The van der Waals surface area contributed by atoms with Crippen LogP contribution in [0.5, 0.6) is 6.01 Å². The number of ether oxygens (including phenoxy) is 1. The van der Waals surface area contributed by atoms with Gasteiger partial charge in [-0.05, 0) is 32.5 Å². The van der Waals surface area contributed by atoms with Gasteiger partial charge in [0.1, 0.15) is 6.33 Å². The standard InChI is InChI=1S/C11H17N7OS/c1-5-12-8-14-9(19-7(2)3)16-10(15-8)20-11-17-13-6-18(11)4/h6-7H,5H2,1-4H3,(H,12,14,15,16). The number of rotatable bonds is 6. The van der Waals surface area contributed by atoms with Crippen molar-refractivity contribution in [2.24, 2.45) is 7.05 Å². The van der Waals surface area contributed by atoms with Crippen LogP contribution in [0.25, 0.3) is 0 Å². The molecular formula is C11H17N7OS. The van der Waals surface area contributed by atoms with E-state index in [1.807, 2.05) is 27.8 Å². The van der Waals surface area contributed by atoms with Crippen LogP contribution in [0.3, 0.4) is 0 Å². The van der Waals surface area contributed by atoms with Crippen molar-refractivity contribution in [1.29, 1.82) is 0 Å². The summed E-state index contributed by atoms with van der Waals surface area (Å²) >= 11 is 1.31. The first-order valence-corrected chi connectivity index (χ1v) is 7.08. The number of hydrogen-bond donors (Lipinski definition) is 1. The van der Waals surface area contributed by atoms with Gasteiger partial charge in [0, 0.05) is 13.6 Å². The monoisotopic (exact) mass is 295 g/mol. The second-order valence-electron chi connectivity index (χ2n) is 4.25. The number of aryl methyl sites for hydroxylation is 1. The second kappa shape index (κ2) is 6.51. The molecule has 0 spiro atoms. The number of nitrogens with zero attached hydrogens (tertiary/aromatic N) is 6. The molecule has 0 saturated heterocycles. The van der Waals surface area contributed by atoms with Crippen molar-refractivity contribution in [3.63, 3.8) is 0 Å². The molecule has 20 heavy (non-hydrogen) atoms. The van der Waals surface area contributed by atoms with Crippen LogP contribution in [0.4, 0.5) is 5.95 Å². The van der Waals surface area contributed by atoms with Crippen molar-refractivity contribution in [2.45, 2.75) is 37.2 Å². The predicted molar refractivity (Wildman–Crippen MR) is 74.9 cm³/mol. The zero-order valence-electron chi connectivity index (χ0n) is 11.9. The van der Waals surface area contributed by atoms with Gasteiger partial charge >= 0.3 is 6.01 Å². The summed E-state index contributed by atoms with van der Waals surface area (Å²) in [7, 11) is 1.86. The molecule has 2 rings (SSSR count). The highest BCUT2D eigenvalue weighted by atomic mass is 32.2. The second-order valence-corrected chi connectivity index (χ2v) is 5.18. The average molecular weight is 295 g/mol. The van der Waals surface area contributed by atoms with Crippen LogP contribution in [0, 0.1) is 0 Å². The maximum Gasteiger partial charge on any atom is 0.322 e. The highest BCUT2D eigenvalue weighted by molar-refractivity contribution is 7.99. The maximum absolute atomic E-state index is 5.53. The first-order chi connectivity index (χ1) is 9.58. The van der Waals surface area contributed by atoms with Crippen molar-refractivity contribution in [2.75, 3.05) is 11.9 Å². The lowest BCUT2D eigenvalue weighted by Gasteiger charge is -2.10. The molecule has 0 aromatic carbocycles. The molecule has 0 aliphatic carbocycles. The van der Waals surface area contributed by atoms with Gasteiger partial charge in [0.2, 0.25) is 11.1 Å². The third-order valence-corrected chi connectivity index (χ3v) is 3.04. The number of anilines is 1. The van der Waals surface area contributed by atoms with E-state index in [2.05, 4.69) is 30.5 Å². The lowest BCUT2D eigenvalue weighted by molar-refractivity contribution is 0.219. The summed E-state index contributed by atoms with van der Waals surface area (Å²) in [6, 6.07) is 0.301. The Bertz CT molecular complexity index is 572. The Kier molecular flexibility index (Phi) is 4.72. The van der Waals surface area contributed by atoms with E-state index >= 15 is 0 Å². The number of nitrogens with one attached hydrogen (secondary N) is 1. The lowest BCUT2D eigenvalue weighted by Crippen LogP contribution is -2.12. The van der Waals surface area contributed by atoms with E-state index in [0.717, 1.165) is 6.54 Å². The van der Waals surface area contributed by atoms with Gasteiger partial charge in [0.05, 0.1) is 6.10 Å². The van der Waals surface area contributed by atoms with E-state index in [-0.39, 0.29) is 6.10 Å². The molecule has 2 aromatic heterocycles. The molecule has 8 nitrogen and oxygen atoms in total. The summed E-state index contributed by atoms with van der Waals surface area (Å²) in [6.45, 7) is 6.54. The van der Waals surface area contributed by atoms with Crippen molar-refractivity contribution < 1.29 is 4.74 Å². The quantitative estimate of drug-likeness (QED) is 0.854. The van der Waals surface area contributed by atoms with Gasteiger partial charge in [-0.1, -0.05) is 0 Å². The Morgan fingerprint density at radius 1 is 1.35 bits per heavy atom. The topological polar surface area (TPSA) is 90.6 Å². The minimum atomic E-state index is -0.000412. The fraction of sp³-hybridized carbons (Fsp3) is 0.545. The average Bonchev–Trinajstić information content (AvgIpc) is 2.74. The highest BCUT2D eigenvalue weighted by Crippen LogP contribution is 2.24. The Morgan fingerprint density at radius 3 is 2.75 bits per heavy atom. The molecule has 2 heterocycles. The summed E-state index contributed by atoms with van der Waals surface area (Å²) in [5, 5.41) is 12.1. The van der Waals surface area contributed by atoms with Crippen molar-refractivity contribution in [3.8, 4) is 6.01 Å². The van der Waals surface area contributed by atoms with Crippen LogP contribution in [-0.2, 0) is 7.05 Å². The summed E-state index contributed by atoms with van der Waals surface area (Å²) in [6.07, 6.45) is 1.62. The Labute approximate surface area is 121 Å². The third kappa shape index (κ3) is 3.80. The molecule has 0 aliphatic heterocycles. The zero-order chi connectivity index (χ0) is 14.5. The minimum Gasteiger partial charge on any atom is -0.461 e. The highest BCUT2D eigenvalue weighted by Gasteiger charge is 2.12. The van der Waals surface area contributed by atoms with Gasteiger partial charge in [0.25, 0.3) is 0 Å². The van der Waals surface area contributed by atoms with Gasteiger partial charge in [-0.25, -0.2) is 0 Å². The molecule has 0 bridgehead atoms. The van der Waals surface area contributed by atoms with Crippen molar-refractivity contribution in [1.82, 2.24) is 29.7 Å². The molecule has 0 radical (unpaired) electrons. The van der Waals surface area contributed by atoms with Gasteiger partial charge in [-0.2, -0.15) is 15.0 Å².